The number of rotatable bonds is 3. The lowest BCUT2D eigenvalue weighted by molar-refractivity contribution is 0.845. The summed E-state index contributed by atoms with van der Waals surface area (Å²) in [5, 5.41) is 8.73. The zero-order chi connectivity index (χ0) is 10.4. The molecule has 0 saturated heterocycles. The van der Waals surface area contributed by atoms with E-state index in [1.807, 2.05) is 38.1 Å². The van der Waals surface area contributed by atoms with E-state index in [1.165, 1.54) is 0 Å². The third-order valence-electron chi connectivity index (χ3n) is 2.11. The van der Waals surface area contributed by atoms with Gasteiger partial charge in [0.1, 0.15) is 0 Å². The minimum absolute atomic E-state index is 0.0744. The average molecular weight is 186 g/mol. The number of hydrogen-bond donors (Lipinski definition) is 0. The Morgan fingerprint density at radius 3 is 2.79 bits per heavy atom. The van der Waals surface area contributed by atoms with Crippen LogP contribution in [0.2, 0.25) is 0 Å². The molecule has 14 heavy (non-hydrogen) atoms. The molecule has 0 saturated carbocycles. The number of nitrogens with zero attached hydrogens (tertiary/aromatic N) is 2. The van der Waals surface area contributed by atoms with Crippen molar-refractivity contribution in [1.82, 2.24) is 0 Å². The zero-order valence-electron chi connectivity index (χ0n) is 8.57. The first-order chi connectivity index (χ1) is 6.77. The van der Waals surface area contributed by atoms with Crippen molar-refractivity contribution >= 4 is 11.9 Å². The molecule has 0 aromatic heterocycles. The van der Waals surface area contributed by atoms with E-state index in [0.717, 1.165) is 17.7 Å². The monoisotopic (exact) mass is 186 g/mol. The first kappa shape index (κ1) is 10.5. The van der Waals surface area contributed by atoms with Crippen molar-refractivity contribution in [3.63, 3.8) is 0 Å². The molecular weight excluding hydrogens is 172 g/mol. The van der Waals surface area contributed by atoms with Crippen LogP contribution in [-0.2, 0) is 0 Å². The van der Waals surface area contributed by atoms with E-state index in [4.69, 9.17) is 5.26 Å². The fourth-order valence-corrected chi connectivity index (χ4v) is 1.11. The average Bonchev–Trinajstić information content (AvgIpc) is 2.22. The van der Waals surface area contributed by atoms with Crippen LogP contribution in [0.15, 0.2) is 29.3 Å². The van der Waals surface area contributed by atoms with Gasteiger partial charge in [0.25, 0.3) is 0 Å². The molecule has 1 rings (SSSR count). The van der Waals surface area contributed by atoms with Gasteiger partial charge < -0.3 is 0 Å². The van der Waals surface area contributed by atoms with E-state index in [1.54, 1.807) is 6.21 Å². The maximum Gasteiger partial charge on any atom is 0.0813 e. The molecule has 0 heterocycles. The summed E-state index contributed by atoms with van der Waals surface area (Å²) in [6.07, 6.45) is 2.54. The lowest BCUT2D eigenvalue weighted by Gasteiger charge is -1.99. The molecule has 0 bridgehead atoms. The van der Waals surface area contributed by atoms with E-state index in [2.05, 4.69) is 11.1 Å². The highest BCUT2D eigenvalue weighted by molar-refractivity contribution is 5.69. The highest BCUT2D eigenvalue weighted by Crippen LogP contribution is 2.16. The van der Waals surface area contributed by atoms with E-state index < -0.39 is 0 Å². The number of hydrogen-bond acceptors (Lipinski definition) is 2. The third kappa shape index (κ3) is 2.70. The molecule has 2 nitrogen and oxygen atoms in total. The molecule has 1 atom stereocenters. The largest absolute Gasteiger partial charge is 0.260 e. The number of aliphatic imine (C=N–C) groups is 1. The summed E-state index contributed by atoms with van der Waals surface area (Å²) in [5.74, 6) is -0.0744. The van der Waals surface area contributed by atoms with Gasteiger partial charge in [-0.3, -0.25) is 4.99 Å². The van der Waals surface area contributed by atoms with Crippen LogP contribution in [0.1, 0.15) is 18.9 Å². The predicted octanol–water partition coefficient (Wildman–Crippen LogP) is 3.25. The number of nitriles is 1. The van der Waals surface area contributed by atoms with E-state index in [0.29, 0.717) is 0 Å². The number of para-hydroxylation sites is 1. The van der Waals surface area contributed by atoms with E-state index >= 15 is 0 Å². The van der Waals surface area contributed by atoms with Crippen molar-refractivity contribution in [1.29, 1.82) is 5.26 Å². The molecule has 2 heteroatoms. The quantitative estimate of drug-likeness (QED) is 0.667. The zero-order valence-corrected chi connectivity index (χ0v) is 8.57. The topological polar surface area (TPSA) is 36.1 Å². The highest BCUT2D eigenvalue weighted by Gasteiger charge is 1.99. The second-order valence-electron chi connectivity index (χ2n) is 3.21. The second kappa shape index (κ2) is 5.18. The van der Waals surface area contributed by atoms with Crippen molar-refractivity contribution in [3.8, 4) is 6.07 Å². The summed E-state index contributed by atoms with van der Waals surface area (Å²) >= 11 is 0. The van der Waals surface area contributed by atoms with E-state index in [-0.39, 0.29) is 5.92 Å². The molecule has 0 N–H and O–H groups in total. The molecule has 1 aromatic rings. The summed E-state index contributed by atoms with van der Waals surface area (Å²) in [7, 11) is 0. The molecule has 1 unspecified atom stereocenters. The van der Waals surface area contributed by atoms with Crippen molar-refractivity contribution in [2.45, 2.75) is 20.3 Å². The van der Waals surface area contributed by atoms with E-state index in [9.17, 15) is 0 Å². The summed E-state index contributed by atoms with van der Waals surface area (Å²) in [6.45, 7) is 4.00. The van der Waals surface area contributed by atoms with Crippen LogP contribution < -0.4 is 0 Å². The van der Waals surface area contributed by atoms with Crippen molar-refractivity contribution < 1.29 is 0 Å². The maximum atomic E-state index is 8.73. The van der Waals surface area contributed by atoms with Crippen LogP contribution in [0.25, 0.3) is 0 Å². The van der Waals surface area contributed by atoms with Crippen molar-refractivity contribution in [3.05, 3.63) is 29.8 Å². The van der Waals surface area contributed by atoms with Crippen LogP contribution >= 0.6 is 0 Å². The normalized spacial score (nSPS) is 12.6. The fraction of sp³-hybridized carbons (Fsp3) is 0.333. The first-order valence-electron chi connectivity index (χ1n) is 4.77. The van der Waals surface area contributed by atoms with Gasteiger partial charge in [0.05, 0.1) is 17.7 Å². The molecule has 72 valence electrons. The van der Waals surface area contributed by atoms with Gasteiger partial charge in [0.15, 0.2) is 0 Å². The van der Waals surface area contributed by atoms with Crippen LogP contribution in [0.5, 0.6) is 0 Å². The van der Waals surface area contributed by atoms with Gasteiger partial charge in [0.2, 0.25) is 0 Å². The second-order valence-corrected chi connectivity index (χ2v) is 3.21. The molecule has 1 aromatic carbocycles. The molecule has 0 radical (unpaired) electrons. The van der Waals surface area contributed by atoms with Crippen LogP contribution in [0, 0.1) is 24.2 Å². The summed E-state index contributed by atoms with van der Waals surface area (Å²) in [4.78, 5) is 4.30. The van der Waals surface area contributed by atoms with Crippen molar-refractivity contribution in [2.24, 2.45) is 10.9 Å². The van der Waals surface area contributed by atoms with Crippen LogP contribution in [0.4, 0.5) is 5.69 Å². The standard InChI is InChI=1S/C12H14N2/c1-3-11(8-13)9-14-12-7-5-4-6-10(12)2/h4-7,9,11H,3H2,1-2H3/b14-9+. The van der Waals surface area contributed by atoms with Gasteiger partial charge in [0, 0.05) is 6.21 Å². The van der Waals surface area contributed by atoms with Gasteiger partial charge in [-0.2, -0.15) is 5.26 Å². The lowest BCUT2D eigenvalue weighted by Crippen LogP contribution is -1.94. The Balaban J connectivity index is 2.79. The van der Waals surface area contributed by atoms with Crippen LogP contribution in [0.3, 0.4) is 0 Å². The Bertz CT molecular complexity index is 361. The Morgan fingerprint density at radius 1 is 1.50 bits per heavy atom. The Morgan fingerprint density at radius 2 is 2.21 bits per heavy atom. The summed E-state index contributed by atoms with van der Waals surface area (Å²) in [5.41, 5.74) is 2.08. The predicted molar refractivity (Wildman–Crippen MR) is 58.7 cm³/mol. The smallest absolute Gasteiger partial charge is 0.0813 e. The highest BCUT2D eigenvalue weighted by atomic mass is 14.7. The maximum absolute atomic E-state index is 8.73. The van der Waals surface area contributed by atoms with Gasteiger partial charge in [-0.25, -0.2) is 0 Å². The molecule has 0 aliphatic carbocycles. The minimum Gasteiger partial charge on any atom is -0.260 e. The number of aryl methyl sites for hydroxylation is 1. The van der Waals surface area contributed by atoms with Gasteiger partial charge in [-0.05, 0) is 25.0 Å². The lowest BCUT2D eigenvalue weighted by atomic mass is 10.1. The Labute approximate surface area is 84.9 Å². The molecule has 0 aliphatic heterocycles. The third-order valence-corrected chi connectivity index (χ3v) is 2.11. The summed E-state index contributed by atoms with van der Waals surface area (Å²) < 4.78 is 0. The first-order valence-corrected chi connectivity index (χ1v) is 4.77. The minimum atomic E-state index is -0.0744. The van der Waals surface area contributed by atoms with Gasteiger partial charge in [-0.1, -0.05) is 25.1 Å². The van der Waals surface area contributed by atoms with Crippen molar-refractivity contribution in [2.75, 3.05) is 0 Å². The number of benzene rings is 1. The molecule has 0 fully saturated rings. The van der Waals surface area contributed by atoms with Crippen LogP contribution in [-0.4, -0.2) is 6.21 Å². The Hall–Kier alpha value is -1.62. The molecule has 0 amide bonds. The fourth-order valence-electron chi connectivity index (χ4n) is 1.11. The molecule has 0 aliphatic rings. The molecule has 0 spiro atoms. The van der Waals surface area contributed by atoms with Gasteiger partial charge in [-0.15, -0.1) is 0 Å². The molecular formula is C12H14N2. The Kier molecular flexibility index (Phi) is 3.87. The summed E-state index contributed by atoms with van der Waals surface area (Å²) in [6, 6.07) is 10.1. The SMILES string of the molecule is CCC(C#N)/C=N/c1ccccc1C. The van der Waals surface area contributed by atoms with Gasteiger partial charge >= 0.3 is 0 Å².